The van der Waals surface area contributed by atoms with Gasteiger partial charge in [0.2, 0.25) is 17.7 Å². The Labute approximate surface area is 147 Å². The third kappa shape index (κ3) is 3.38. The number of ether oxygens (including phenoxy) is 1. The third-order valence-corrected chi connectivity index (χ3v) is 5.27. The summed E-state index contributed by atoms with van der Waals surface area (Å²) in [4.78, 5) is 38.7. The Morgan fingerprint density at radius 2 is 1.72 bits per heavy atom. The Hall–Kier alpha value is -2.37. The van der Waals surface area contributed by atoms with Crippen LogP contribution in [-0.2, 0) is 20.9 Å². The van der Waals surface area contributed by atoms with Gasteiger partial charge in [0.1, 0.15) is 11.8 Å². The predicted molar refractivity (Wildman–Crippen MR) is 91.6 cm³/mol. The number of methoxy groups -OCH3 is 1. The molecule has 134 valence electrons. The normalized spacial score (nSPS) is 24.0. The Kier molecular flexibility index (Phi) is 5.06. The smallest absolute Gasteiger partial charge is 0.243 e. The maximum atomic E-state index is 12.6. The molecule has 1 saturated heterocycles. The molecule has 3 atom stereocenters. The van der Waals surface area contributed by atoms with Crippen LogP contribution in [-0.4, -0.2) is 35.8 Å². The van der Waals surface area contributed by atoms with Crippen LogP contribution in [0.1, 0.15) is 38.2 Å². The van der Waals surface area contributed by atoms with Gasteiger partial charge in [-0.05, 0) is 37.5 Å². The summed E-state index contributed by atoms with van der Waals surface area (Å²) in [5.74, 6) is -0.366. The minimum atomic E-state index is -0.774. The number of carbonyl (C=O) groups excluding carboxylic acids is 3. The molecule has 3 rings (SSSR count). The summed E-state index contributed by atoms with van der Waals surface area (Å²) in [6, 6.07) is 6.60. The molecule has 1 aliphatic heterocycles. The van der Waals surface area contributed by atoms with E-state index >= 15 is 0 Å². The van der Waals surface area contributed by atoms with Gasteiger partial charge in [0.15, 0.2) is 0 Å². The van der Waals surface area contributed by atoms with Crippen LogP contribution < -0.4 is 10.1 Å². The fraction of sp³-hybridized carbons (Fsp3) is 0.526. The minimum Gasteiger partial charge on any atom is -0.497 e. The van der Waals surface area contributed by atoms with E-state index in [4.69, 9.17) is 4.74 Å². The van der Waals surface area contributed by atoms with Crippen LogP contribution in [0, 0.1) is 11.8 Å². The number of likely N-dealkylation sites (tertiary alicyclic amines) is 1. The second-order valence-electron chi connectivity index (χ2n) is 6.79. The summed E-state index contributed by atoms with van der Waals surface area (Å²) in [6.07, 6.45) is 3.47. The molecule has 1 N–H and O–H groups in total. The van der Waals surface area contributed by atoms with E-state index in [0.29, 0.717) is 6.54 Å². The van der Waals surface area contributed by atoms with Crippen molar-refractivity contribution in [3.05, 3.63) is 29.8 Å². The van der Waals surface area contributed by atoms with Gasteiger partial charge >= 0.3 is 0 Å². The zero-order valence-corrected chi connectivity index (χ0v) is 14.7. The summed E-state index contributed by atoms with van der Waals surface area (Å²) in [7, 11) is 1.60. The molecule has 2 aliphatic rings. The lowest BCUT2D eigenvalue weighted by molar-refractivity contribution is -0.147. The van der Waals surface area contributed by atoms with E-state index < -0.39 is 6.04 Å². The molecule has 6 heteroatoms. The number of nitrogens with zero attached hydrogens (tertiary/aromatic N) is 1. The van der Waals surface area contributed by atoms with Crippen LogP contribution in [0.25, 0.3) is 0 Å². The molecule has 0 aromatic heterocycles. The van der Waals surface area contributed by atoms with E-state index in [-0.39, 0.29) is 29.6 Å². The van der Waals surface area contributed by atoms with Crippen molar-refractivity contribution in [1.82, 2.24) is 10.2 Å². The van der Waals surface area contributed by atoms with Crippen LogP contribution in [0.2, 0.25) is 0 Å². The first-order valence-electron chi connectivity index (χ1n) is 8.80. The third-order valence-electron chi connectivity index (χ3n) is 5.27. The Balaban J connectivity index is 1.61. The summed E-state index contributed by atoms with van der Waals surface area (Å²) >= 11 is 0. The van der Waals surface area contributed by atoms with Gasteiger partial charge in [-0.3, -0.25) is 19.3 Å². The predicted octanol–water partition coefficient (Wildman–Crippen LogP) is 1.88. The highest BCUT2D eigenvalue weighted by Gasteiger charge is 2.50. The van der Waals surface area contributed by atoms with Crippen LogP contribution in [0.15, 0.2) is 24.3 Å². The fourth-order valence-corrected chi connectivity index (χ4v) is 3.77. The first kappa shape index (κ1) is 17.5. The summed E-state index contributed by atoms with van der Waals surface area (Å²) < 4.78 is 5.10. The number of carbonyl (C=O) groups is 3. The van der Waals surface area contributed by atoms with Crippen molar-refractivity contribution in [3.8, 4) is 5.75 Å². The van der Waals surface area contributed by atoms with Gasteiger partial charge in [-0.15, -0.1) is 0 Å². The van der Waals surface area contributed by atoms with Gasteiger partial charge in [0.25, 0.3) is 0 Å². The molecule has 25 heavy (non-hydrogen) atoms. The molecule has 6 nitrogen and oxygen atoms in total. The molecule has 0 spiro atoms. The summed E-state index contributed by atoms with van der Waals surface area (Å²) in [5, 5.41) is 2.81. The SMILES string of the molecule is COc1ccc(CNC(=O)C(C)N2C(=O)C3CCCCC3C2=O)cc1. The summed E-state index contributed by atoms with van der Waals surface area (Å²) in [6.45, 7) is 1.97. The zero-order chi connectivity index (χ0) is 18.0. The molecule has 0 radical (unpaired) electrons. The average molecular weight is 344 g/mol. The van der Waals surface area contributed by atoms with E-state index in [1.54, 1.807) is 14.0 Å². The topological polar surface area (TPSA) is 75.7 Å². The van der Waals surface area contributed by atoms with Gasteiger partial charge in [0, 0.05) is 6.54 Å². The number of hydrogen-bond donors (Lipinski definition) is 1. The van der Waals surface area contributed by atoms with E-state index in [1.807, 2.05) is 24.3 Å². The standard InChI is InChI=1S/C19H24N2O4/c1-12(17(22)20-11-13-7-9-14(25-2)10-8-13)21-18(23)15-5-3-4-6-16(15)19(21)24/h7-10,12,15-16H,3-6,11H2,1-2H3,(H,20,22). The van der Waals surface area contributed by atoms with Crippen molar-refractivity contribution < 1.29 is 19.1 Å². The fourth-order valence-electron chi connectivity index (χ4n) is 3.77. The molecule has 3 unspecified atom stereocenters. The van der Waals surface area contributed by atoms with Gasteiger partial charge in [-0.2, -0.15) is 0 Å². The van der Waals surface area contributed by atoms with E-state index in [2.05, 4.69) is 5.32 Å². The second-order valence-corrected chi connectivity index (χ2v) is 6.79. The second kappa shape index (κ2) is 7.25. The largest absolute Gasteiger partial charge is 0.497 e. The maximum absolute atomic E-state index is 12.6. The van der Waals surface area contributed by atoms with E-state index in [1.165, 1.54) is 4.90 Å². The molecule has 1 aromatic carbocycles. The van der Waals surface area contributed by atoms with Crippen LogP contribution in [0.4, 0.5) is 0 Å². The number of amides is 3. The van der Waals surface area contributed by atoms with Crippen LogP contribution >= 0.6 is 0 Å². The molecule has 2 fully saturated rings. The highest BCUT2D eigenvalue weighted by Crippen LogP contribution is 2.38. The highest BCUT2D eigenvalue weighted by molar-refractivity contribution is 6.08. The van der Waals surface area contributed by atoms with Crippen molar-refractivity contribution in [3.63, 3.8) is 0 Å². The highest BCUT2D eigenvalue weighted by atomic mass is 16.5. The van der Waals surface area contributed by atoms with Gasteiger partial charge in [-0.25, -0.2) is 0 Å². The van der Waals surface area contributed by atoms with E-state index in [0.717, 1.165) is 37.0 Å². The first-order valence-corrected chi connectivity index (χ1v) is 8.80. The van der Waals surface area contributed by atoms with Gasteiger partial charge < -0.3 is 10.1 Å². The molecule has 1 heterocycles. The number of rotatable bonds is 5. The van der Waals surface area contributed by atoms with Gasteiger partial charge in [0.05, 0.1) is 18.9 Å². The Morgan fingerprint density at radius 3 is 2.24 bits per heavy atom. The quantitative estimate of drug-likeness (QED) is 0.828. The van der Waals surface area contributed by atoms with Crippen molar-refractivity contribution in [2.45, 2.75) is 45.2 Å². The molecule has 1 aromatic rings. The molecule has 0 bridgehead atoms. The van der Waals surface area contributed by atoms with Crippen molar-refractivity contribution in [2.75, 3.05) is 7.11 Å². The number of benzene rings is 1. The zero-order valence-electron chi connectivity index (χ0n) is 14.7. The molecule has 3 amide bonds. The minimum absolute atomic E-state index is 0.179. The lowest BCUT2D eigenvalue weighted by Crippen LogP contribution is -2.48. The van der Waals surface area contributed by atoms with Crippen molar-refractivity contribution in [1.29, 1.82) is 0 Å². The van der Waals surface area contributed by atoms with E-state index in [9.17, 15) is 14.4 Å². The van der Waals surface area contributed by atoms with Gasteiger partial charge in [-0.1, -0.05) is 25.0 Å². The molecule has 1 aliphatic carbocycles. The average Bonchev–Trinajstić information content (AvgIpc) is 2.90. The lowest BCUT2D eigenvalue weighted by atomic mass is 9.81. The number of nitrogens with one attached hydrogen (secondary N) is 1. The molecular formula is C19H24N2O4. The number of hydrogen-bond acceptors (Lipinski definition) is 4. The monoisotopic (exact) mass is 344 g/mol. The lowest BCUT2D eigenvalue weighted by Gasteiger charge is -2.22. The van der Waals surface area contributed by atoms with Crippen molar-refractivity contribution in [2.24, 2.45) is 11.8 Å². The van der Waals surface area contributed by atoms with Crippen molar-refractivity contribution >= 4 is 17.7 Å². The number of imide groups is 1. The molecule has 1 saturated carbocycles. The van der Waals surface area contributed by atoms with Crippen LogP contribution in [0.5, 0.6) is 5.75 Å². The first-order chi connectivity index (χ1) is 12.0. The summed E-state index contributed by atoms with van der Waals surface area (Å²) in [5.41, 5.74) is 0.925. The Morgan fingerprint density at radius 1 is 1.16 bits per heavy atom. The number of fused-ring (bicyclic) bond motifs is 1. The maximum Gasteiger partial charge on any atom is 0.243 e. The Bertz CT molecular complexity index is 647. The molecular weight excluding hydrogens is 320 g/mol. The van der Waals surface area contributed by atoms with Crippen LogP contribution in [0.3, 0.4) is 0 Å².